The van der Waals surface area contributed by atoms with E-state index in [0.717, 1.165) is 17.1 Å². The van der Waals surface area contributed by atoms with Crippen molar-refractivity contribution < 1.29 is 13.2 Å². The van der Waals surface area contributed by atoms with Gasteiger partial charge in [0.1, 0.15) is 6.04 Å². The van der Waals surface area contributed by atoms with Crippen LogP contribution in [0.3, 0.4) is 0 Å². The highest BCUT2D eigenvalue weighted by Gasteiger charge is 2.30. The number of hydrogen-bond donors (Lipinski definition) is 1. The molecule has 138 valence electrons. The number of carbonyl (C=O) groups is 1. The molecule has 0 saturated heterocycles. The number of nitrogens with one attached hydrogen (secondary N) is 1. The second-order valence-electron chi connectivity index (χ2n) is 6.49. The Morgan fingerprint density at radius 1 is 1.15 bits per heavy atom. The summed E-state index contributed by atoms with van der Waals surface area (Å²) < 4.78 is 27.1. The van der Waals surface area contributed by atoms with Gasteiger partial charge in [0.2, 0.25) is 15.9 Å². The molecule has 0 aliphatic heterocycles. The lowest BCUT2D eigenvalue weighted by Crippen LogP contribution is -2.39. The predicted molar refractivity (Wildman–Crippen MR) is 97.3 cm³/mol. The fourth-order valence-corrected chi connectivity index (χ4v) is 3.54. The van der Waals surface area contributed by atoms with Crippen LogP contribution in [0.5, 0.6) is 0 Å². The first-order chi connectivity index (χ1) is 12.3. The van der Waals surface area contributed by atoms with E-state index in [2.05, 4.69) is 5.32 Å². The monoisotopic (exact) mass is 375 g/mol. The summed E-state index contributed by atoms with van der Waals surface area (Å²) in [6, 6.07) is 10.5. The van der Waals surface area contributed by atoms with E-state index in [0.29, 0.717) is 5.56 Å². The molecule has 0 unspecified atom stereocenters. The smallest absolute Gasteiger partial charge is 0.251 e. The van der Waals surface area contributed by atoms with Gasteiger partial charge in [0.05, 0.1) is 4.90 Å². The van der Waals surface area contributed by atoms with Gasteiger partial charge in [0, 0.05) is 32.4 Å². The van der Waals surface area contributed by atoms with Crippen LogP contribution in [0.4, 0.5) is 0 Å². The number of amides is 1. The van der Waals surface area contributed by atoms with E-state index in [1.54, 1.807) is 24.3 Å². The van der Waals surface area contributed by atoms with Gasteiger partial charge in [-0.3, -0.25) is 14.2 Å². The number of rotatable bonds is 6. The van der Waals surface area contributed by atoms with E-state index in [9.17, 15) is 18.0 Å². The molecule has 0 radical (unpaired) electrons. The average Bonchev–Trinajstić information content (AvgIpc) is 3.41. The minimum atomic E-state index is -3.73. The quantitative estimate of drug-likeness (QED) is 0.815. The Labute approximate surface area is 152 Å². The second kappa shape index (κ2) is 7.05. The average molecular weight is 375 g/mol. The summed E-state index contributed by atoms with van der Waals surface area (Å²) in [6.45, 7) is 0. The van der Waals surface area contributed by atoms with E-state index >= 15 is 0 Å². The zero-order chi connectivity index (χ0) is 18.9. The van der Waals surface area contributed by atoms with Crippen LogP contribution in [0.15, 0.2) is 58.4 Å². The van der Waals surface area contributed by atoms with E-state index in [1.165, 1.54) is 37.0 Å². The topological polar surface area (TPSA) is 88.5 Å². The number of hydrogen-bond acceptors (Lipinski definition) is 4. The summed E-state index contributed by atoms with van der Waals surface area (Å²) in [5.41, 5.74) is 0.176. The molecule has 1 aromatic heterocycles. The first-order valence-corrected chi connectivity index (χ1v) is 9.75. The largest absolute Gasteiger partial charge is 0.351 e. The van der Waals surface area contributed by atoms with Crippen molar-refractivity contribution in [2.24, 2.45) is 0 Å². The maximum absolute atomic E-state index is 12.8. The molecule has 1 aliphatic rings. The number of carbonyl (C=O) groups excluding carboxylic acids is 1. The highest BCUT2D eigenvalue weighted by Crippen LogP contribution is 2.23. The number of aromatic nitrogens is 1. The van der Waals surface area contributed by atoms with Crippen molar-refractivity contribution in [2.75, 3.05) is 14.1 Å². The first kappa shape index (κ1) is 18.3. The molecular formula is C18H21N3O4S. The molecule has 0 spiro atoms. The molecule has 1 N–H and O–H groups in total. The SMILES string of the molecule is CN(C)S(=O)(=O)c1ccc(=O)n([C@H](C(=O)NC2CC2)c2ccccc2)c1. The Kier molecular flexibility index (Phi) is 4.97. The van der Waals surface area contributed by atoms with E-state index in [1.807, 2.05) is 6.07 Å². The minimum absolute atomic E-state index is 0.0396. The van der Waals surface area contributed by atoms with Gasteiger partial charge < -0.3 is 5.32 Å². The number of nitrogens with zero attached hydrogens (tertiary/aromatic N) is 2. The molecule has 1 atom stereocenters. The number of benzene rings is 1. The Balaban J connectivity index is 2.11. The van der Waals surface area contributed by atoms with E-state index in [4.69, 9.17) is 0 Å². The molecule has 3 rings (SSSR count). The molecule has 8 heteroatoms. The first-order valence-electron chi connectivity index (χ1n) is 8.31. The van der Waals surface area contributed by atoms with Gasteiger partial charge in [-0.05, 0) is 24.5 Å². The summed E-state index contributed by atoms with van der Waals surface area (Å²) in [6.07, 6.45) is 3.07. The fraction of sp³-hybridized carbons (Fsp3) is 0.333. The van der Waals surface area contributed by atoms with Crippen LogP contribution in [-0.4, -0.2) is 43.3 Å². The third-order valence-corrected chi connectivity index (χ3v) is 6.05. The van der Waals surface area contributed by atoms with Crippen LogP contribution in [0.2, 0.25) is 0 Å². The number of pyridine rings is 1. The zero-order valence-corrected chi connectivity index (χ0v) is 15.4. The summed E-state index contributed by atoms with van der Waals surface area (Å²) in [4.78, 5) is 25.2. The van der Waals surface area contributed by atoms with Gasteiger partial charge in [-0.15, -0.1) is 0 Å². The van der Waals surface area contributed by atoms with Crippen LogP contribution in [0.25, 0.3) is 0 Å². The highest BCUT2D eigenvalue weighted by atomic mass is 32.2. The van der Waals surface area contributed by atoms with Crippen molar-refractivity contribution in [3.05, 3.63) is 64.6 Å². The van der Waals surface area contributed by atoms with Gasteiger partial charge in [-0.1, -0.05) is 30.3 Å². The Bertz CT molecular complexity index is 963. The van der Waals surface area contributed by atoms with Crippen LogP contribution in [0, 0.1) is 0 Å². The van der Waals surface area contributed by atoms with Gasteiger partial charge in [-0.2, -0.15) is 0 Å². The van der Waals surface area contributed by atoms with Crippen molar-refractivity contribution in [2.45, 2.75) is 29.8 Å². The molecule has 1 aromatic carbocycles. The predicted octanol–water partition coefficient (Wildman–Crippen LogP) is 0.967. The lowest BCUT2D eigenvalue weighted by atomic mass is 10.1. The summed E-state index contributed by atoms with van der Waals surface area (Å²) in [7, 11) is -0.895. The molecule has 26 heavy (non-hydrogen) atoms. The van der Waals surface area contributed by atoms with Crippen LogP contribution >= 0.6 is 0 Å². The third kappa shape index (κ3) is 3.71. The molecular weight excluding hydrogens is 354 g/mol. The normalized spacial score (nSPS) is 15.7. The number of sulfonamides is 1. The standard InChI is InChI=1S/C18H21N3O4S/c1-20(2)26(24,25)15-10-11-16(22)21(12-15)17(13-6-4-3-5-7-13)18(23)19-14-8-9-14/h3-7,10-12,14,17H,8-9H2,1-2H3,(H,19,23)/t17-/m0/s1. The van der Waals surface area contributed by atoms with Crippen LogP contribution in [-0.2, 0) is 14.8 Å². The molecule has 1 heterocycles. The molecule has 1 amide bonds. The van der Waals surface area contributed by atoms with Gasteiger partial charge in [0.25, 0.3) is 5.56 Å². The van der Waals surface area contributed by atoms with E-state index < -0.39 is 21.6 Å². The van der Waals surface area contributed by atoms with E-state index in [-0.39, 0.29) is 16.8 Å². The third-order valence-electron chi connectivity index (χ3n) is 4.26. The Hall–Kier alpha value is -2.45. The molecule has 2 aromatic rings. The fourth-order valence-electron chi connectivity index (χ4n) is 2.63. The second-order valence-corrected chi connectivity index (χ2v) is 8.65. The van der Waals surface area contributed by atoms with Gasteiger partial charge in [0.15, 0.2) is 0 Å². The van der Waals surface area contributed by atoms with Crippen molar-refractivity contribution in [3.63, 3.8) is 0 Å². The van der Waals surface area contributed by atoms with Crippen molar-refractivity contribution in [1.82, 2.24) is 14.2 Å². The highest BCUT2D eigenvalue weighted by molar-refractivity contribution is 7.89. The van der Waals surface area contributed by atoms with Gasteiger partial charge in [-0.25, -0.2) is 12.7 Å². The van der Waals surface area contributed by atoms with Crippen LogP contribution < -0.4 is 10.9 Å². The molecule has 1 aliphatic carbocycles. The Morgan fingerprint density at radius 3 is 2.38 bits per heavy atom. The van der Waals surface area contributed by atoms with Gasteiger partial charge >= 0.3 is 0 Å². The molecule has 7 nitrogen and oxygen atoms in total. The molecule has 1 saturated carbocycles. The van der Waals surface area contributed by atoms with Crippen molar-refractivity contribution >= 4 is 15.9 Å². The maximum Gasteiger partial charge on any atom is 0.251 e. The summed E-state index contributed by atoms with van der Waals surface area (Å²) >= 11 is 0. The Morgan fingerprint density at radius 2 is 1.81 bits per heavy atom. The minimum Gasteiger partial charge on any atom is -0.351 e. The summed E-state index contributed by atoms with van der Waals surface area (Å²) in [5, 5.41) is 2.90. The lowest BCUT2D eigenvalue weighted by Gasteiger charge is -2.21. The van der Waals surface area contributed by atoms with Crippen molar-refractivity contribution in [1.29, 1.82) is 0 Å². The lowest BCUT2D eigenvalue weighted by molar-refractivity contribution is -0.123. The zero-order valence-electron chi connectivity index (χ0n) is 14.6. The van der Waals surface area contributed by atoms with Crippen molar-refractivity contribution in [3.8, 4) is 0 Å². The molecule has 0 bridgehead atoms. The maximum atomic E-state index is 12.8. The summed E-state index contributed by atoms with van der Waals surface area (Å²) in [5.74, 6) is -0.319. The molecule has 1 fully saturated rings. The van der Waals surface area contributed by atoms with Crippen LogP contribution in [0.1, 0.15) is 24.4 Å².